The van der Waals surface area contributed by atoms with Crippen molar-refractivity contribution in [2.45, 2.75) is 17.6 Å². The van der Waals surface area contributed by atoms with Gasteiger partial charge >= 0.3 is 0 Å². The molecule has 27 heavy (non-hydrogen) atoms. The molecule has 0 spiro atoms. The van der Waals surface area contributed by atoms with E-state index in [2.05, 4.69) is 10.0 Å². The average molecular weight is 432 g/mol. The van der Waals surface area contributed by atoms with Crippen molar-refractivity contribution in [1.29, 1.82) is 0 Å². The first-order valence-corrected chi connectivity index (χ1v) is 12.0. The maximum Gasteiger partial charge on any atom is 0.252 e. The summed E-state index contributed by atoms with van der Waals surface area (Å²) in [6.07, 6.45) is 0.505. The van der Waals surface area contributed by atoms with Crippen LogP contribution in [0.25, 0.3) is 0 Å². The van der Waals surface area contributed by atoms with E-state index in [0.717, 1.165) is 15.6 Å². The molecular formula is C16H21N3O5S3. The average Bonchev–Trinajstić information content (AvgIpc) is 3.11. The highest BCUT2D eigenvalue weighted by Crippen LogP contribution is 2.20. The van der Waals surface area contributed by atoms with Crippen molar-refractivity contribution < 1.29 is 21.6 Å². The largest absolute Gasteiger partial charge is 0.325 e. The zero-order valence-corrected chi connectivity index (χ0v) is 17.3. The molecule has 0 atom stereocenters. The SMILES string of the molecule is CCCS(=O)(=O)Nc1ccc(NC(=O)CN(C)S(=O)(=O)c2cccs2)cc1. The number of hydrogen-bond acceptors (Lipinski definition) is 6. The van der Waals surface area contributed by atoms with Crippen LogP contribution in [0.1, 0.15) is 13.3 Å². The van der Waals surface area contributed by atoms with Gasteiger partial charge in [0.2, 0.25) is 15.9 Å². The van der Waals surface area contributed by atoms with Crippen LogP contribution >= 0.6 is 11.3 Å². The molecule has 0 radical (unpaired) electrons. The van der Waals surface area contributed by atoms with E-state index in [0.29, 0.717) is 17.8 Å². The molecule has 148 valence electrons. The van der Waals surface area contributed by atoms with Crippen molar-refractivity contribution in [3.63, 3.8) is 0 Å². The topological polar surface area (TPSA) is 113 Å². The molecule has 2 aromatic rings. The zero-order valence-electron chi connectivity index (χ0n) is 14.9. The molecule has 0 aliphatic heterocycles. The lowest BCUT2D eigenvalue weighted by atomic mass is 10.3. The van der Waals surface area contributed by atoms with Gasteiger partial charge < -0.3 is 5.32 Å². The van der Waals surface area contributed by atoms with Gasteiger partial charge in [0.15, 0.2) is 0 Å². The summed E-state index contributed by atoms with van der Waals surface area (Å²) in [5.41, 5.74) is 0.819. The van der Waals surface area contributed by atoms with Crippen LogP contribution < -0.4 is 10.0 Å². The summed E-state index contributed by atoms with van der Waals surface area (Å²) in [5, 5.41) is 4.24. The van der Waals surface area contributed by atoms with Gasteiger partial charge in [-0.05, 0) is 42.1 Å². The molecule has 1 heterocycles. The third-order valence-corrected chi connectivity index (χ3v) is 8.11. The number of thiophene rings is 1. The van der Waals surface area contributed by atoms with E-state index in [4.69, 9.17) is 0 Å². The Morgan fingerprint density at radius 2 is 1.70 bits per heavy atom. The van der Waals surface area contributed by atoms with Crippen LogP contribution in [0.3, 0.4) is 0 Å². The predicted octanol–water partition coefficient (Wildman–Crippen LogP) is 2.16. The Morgan fingerprint density at radius 1 is 1.07 bits per heavy atom. The summed E-state index contributed by atoms with van der Waals surface area (Å²) in [6, 6.07) is 9.23. The number of nitrogens with zero attached hydrogens (tertiary/aromatic N) is 1. The lowest BCUT2D eigenvalue weighted by Gasteiger charge is -2.16. The van der Waals surface area contributed by atoms with Crippen LogP contribution in [-0.4, -0.2) is 46.4 Å². The van der Waals surface area contributed by atoms with Gasteiger partial charge in [0.05, 0.1) is 12.3 Å². The summed E-state index contributed by atoms with van der Waals surface area (Å²) < 4.78 is 51.7. The predicted molar refractivity (Wildman–Crippen MR) is 107 cm³/mol. The third kappa shape index (κ3) is 6.03. The molecule has 1 aromatic heterocycles. The summed E-state index contributed by atoms with van der Waals surface area (Å²) in [7, 11) is -5.75. The molecule has 0 aliphatic carbocycles. The van der Waals surface area contributed by atoms with Gasteiger partial charge in [0.1, 0.15) is 4.21 Å². The van der Waals surface area contributed by atoms with Crippen molar-refractivity contribution in [3.8, 4) is 0 Å². The maximum atomic E-state index is 12.3. The molecule has 0 bridgehead atoms. The van der Waals surface area contributed by atoms with E-state index in [9.17, 15) is 21.6 Å². The molecule has 1 aromatic carbocycles. The molecule has 2 rings (SSSR count). The molecule has 2 N–H and O–H groups in total. The zero-order chi connectivity index (χ0) is 20.1. The standard InChI is InChI=1S/C16H21N3O5S3/c1-3-11-26(21,22)18-14-8-6-13(7-9-14)17-15(20)12-19(2)27(23,24)16-5-4-10-25-16/h4-10,18H,3,11-12H2,1-2H3,(H,17,20). The minimum absolute atomic E-state index is 0.0243. The lowest BCUT2D eigenvalue weighted by Crippen LogP contribution is -2.34. The Balaban J connectivity index is 1.96. The number of anilines is 2. The fraction of sp³-hybridized carbons (Fsp3) is 0.312. The van der Waals surface area contributed by atoms with Crippen LogP contribution in [0.2, 0.25) is 0 Å². The number of nitrogens with one attached hydrogen (secondary N) is 2. The van der Waals surface area contributed by atoms with E-state index < -0.39 is 26.0 Å². The second-order valence-electron chi connectivity index (χ2n) is 5.74. The van der Waals surface area contributed by atoms with Crippen molar-refractivity contribution >= 4 is 48.7 Å². The van der Waals surface area contributed by atoms with Gasteiger partial charge in [0, 0.05) is 18.4 Å². The fourth-order valence-corrected chi connectivity index (χ4v) is 5.64. The first-order chi connectivity index (χ1) is 12.6. The number of carbonyl (C=O) groups excluding carboxylic acids is 1. The highest BCUT2D eigenvalue weighted by molar-refractivity contribution is 7.92. The second kappa shape index (κ2) is 8.83. The molecule has 0 aliphatic rings. The number of rotatable bonds is 9. The van der Waals surface area contributed by atoms with E-state index in [1.165, 1.54) is 37.4 Å². The number of likely N-dealkylation sites (N-methyl/N-ethyl adjacent to an activating group) is 1. The molecule has 8 nitrogen and oxygen atoms in total. The number of sulfonamides is 2. The first-order valence-electron chi connectivity index (χ1n) is 8.04. The summed E-state index contributed by atoms with van der Waals surface area (Å²) in [5.74, 6) is -0.478. The lowest BCUT2D eigenvalue weighted by molar-refractivity contribution is -0.116. The van der Waals surface area contributed by atoms with E-state index in [1.807, 2.05) is 0 Å². The minimum Gasteiger partial charge on any atom is -0.325 e. The number of carbonyl (C=O) groups is 1. The van der Waals surface area contributed by atoms with Gasteiger partial charge in [-0.3, -0.25) is 9.52 Å². The van der Waals surface area contributed by atoms with E-state index in [-0.39, 0.29) is 16.5 Å². The molecular weight excluding hydrogens is 410 g/mol. The van der Waals surface area contributed by atoms with Gasteiger partial charge in [0.25, 0.3) is 10.0 Å². The Kier molecular flexibility index (Phi) is 6.98. The van der Waals surface area contributed by atoms with E-state index in [1.54, 1.807) is 18.4 Å². The Bertz CT molecular complexity index is 969. The van der Waals surface area contributed by atoms with Gasteiger partial charge in [-0.2, -0.15) is 4.31 Å². The Labute approximate surface area is 163 Å². The summed E-state index contributed by atoms with van der Waals surface area (Å²) in [6.45, 7) is 1.43. The fourth-order valence-electron chi connectivity index (χ4n) is 2.17. The van der Waals surface area contributed by atoms with Crippen molar-refractivity contribution in [2.24, 2.45) is 0 Å². The molecule has 0 fully saturated rings. The van der Waals surface area contributed by atoms with Crippen LogP contribution in [0, 0.1) is 0 Å². The second-order valence-corrected chi connectivity index (χ2v) is 10.8. The molecule has 0 unspecified atom stereocenters. The van der Waals surface area contributed by atoms with Crippen LogP contribution in [0.5, 0.6) is 0 Å². The number of benzene rings is 1. The third-order valence-electron chi connectivity index (χ3n) is 3.44. The first kappa shape index (κ1) is 21.4. The number of hydrogen-bond donors (Lipinski definition) is 2. The number of amides is 1. The van der Waals surface area contributed by atoms with Gasteiger partial charge in [-0.15, -0.1) is 11.3 Å². The highest BCUT2D eigenvalue weighted by atomic mass is 32.2. The Morgan fingerprint density at radius 3 is 2.26 bits per heavy atom. The highest BCUT2D eigenvalue weighted by Gasteiger charge is 2.23. The molecule has 11 heteroatoms. The normalized spacial score (nSPS) is 12.1. The monoisotopic (exact) mass is 431 g/mol. The molecule has 0 saturated heterocycles. The van der Waals surface area contributed by atoms with Crippen LogP contribution in [0.4, 0.5) is 11.4 Å². The van der Waals surface area contributed by atoms with Crippen molar-refractivity contribution in [3.05, 3.63) is 41.8 Å². The molecule has 1 amide bonds. The molecule has 0 saturated carbocycles. The minimum atomic E-state index is -3.70. The van der Waals surface area contributed by atoms with Gasteiger partial charge in [-0.1, -0.05) is 13.0 Å². The quantitative estimate of drug-likeness (QED) is 0.632. The van der Waals surface area contributed by atoms with Crippen molar-refractivity contribution in [1.82, 2.24) is 4.31 Å². The van der Waals surface area contributed by atoms with Crippen LogP contribution in [0.15, 0.2) is 46.0 Å². The smallest absolute Gasteiger partial charge is 0.252 e. The van der Waals surface area contributed by atoms with Crippen molar-refractivity contribution in [2.75, 3.05) is 29.4 Å². The maximum absolute atomic E-state index is 12.3. The Hall–Kier alpha value is -1.95. The van der Waals surface area contributed by atoms with E-state index >= 15 is 0 Å². The van der Waals surface area contributed by atoms with Crippen LogP contribution in [-0.2, 0) is 24.8 Å². The summed E-state index contributed by atoms with van der Waals surface area (Å²) >= 11 is 1.08. The summed E-state index contributed by atoms with van der Waals surface area (Å²) in [4.78, 5) is 12.1. The van der Waals surface area contributed by atoms with Gasteiger partial charge in [-0.25, -0.2) is 16.8 Å².